The van der Waals surface area contributed by atoms with Crippen molar-refractivity contribution < 1.29 is 4.79 Å². The molecule has 0 saturated carbocycles. The second kappa shape index (κ2) is 6.13. The van der Waals surface area contributed by atoms with Crippen molar-refractivity contribution in [3.63, 3.8) is 0 Å². The van der Waals surface area contributed by atoms with Crippen LogP contribution < -0.4 is 11.1 Å². The van der Waals surface area contributed by atoms with E-state index in [2.05, 4.69) is 17.3 Å². The Morgan fingerprint density at radius 1 is 1.50 bits per heavy atom. The van der Waals surface area contributed by atoms with Crippen LogP contribution in [0, 0.1) is 0 Å². The van der Waals surface area contributed by atoms with Crippen molar-refractivity contribution in [2.75, 3.05) is 45.3 Å². The SMILES string of the molecule is CN(C)C(=O)c1ccc(N)cc1NCC1CCCN1C. The van der Waals surface area contributed by atoms with Gasteiger partial charge in [-0.2, -0.15) is 0 Å². The Labute approximate surface area is 120 Å². The number of anilines is 2. The van der Waals surface area contributed by atoms with Gasteiger partial charge in [0.1, 0.15) is 0 Å². The van der Waals surface area contributed by atoms with E-state index < -0.39 is 0 Å². The van der Waals surface area contributed by atoms with Gasteiger partial charge in [0.25, 0.3) is 5.91 Å². The molecule has 1 unspecified atom stereocenters. The number of carbonyl (C=O) groups excluding carboxylic acids is 1. The Morgan fingerprint density at radius 2 is 2.25 bits per heavy atom. The summed E-state index contributed by atoms with van der Waals surface area (Å²) in [6.07, 6.45) is 2.44. The first-order chi connectivity index (χ1) is 9.49. The minimum Gasteiger partial charge on any atom is -0.399 e. The molecule has 2 rings (SSSR count). The molecule has 0 radical (unpaired) electrons. The molecule has 1 aliphatic heterocycles. The van der Waals surface area contributed by atoms with E-state index in [-0.39, 0.29) is 5.91 Å². The molecule has 1 aromatic rings. The zero-order valence-electron chi connectivity index (χ0n) is 12.5. The largest absolute Gasteiger partial charge is 0.399 e. The lowest BCUT2D eigenvalue weighted by atomic mass is 10.1. The third-order valence-electron chi connectivity index (χ3n) is 3.88. The standard InChI is InChI=1S/C15H24N4O/c1-18(2)15(20)13-7-6-11(16)9-14(13)17-10-12-5-4-8-19(12)3/h6-7,9,12,17H,4-5,8,10,16H2,1-3H3. The first-order valence-corrected chi connectivity index (χ1v) is 7.04. The molecule has 1 aliphatic rings. The molecule has 0 bridgehead atoms. The predicted octanol–water partition coefficient (Wildman–Crippen LogP) is 1.48. The van der Waals surface area contributed by atoms with Crippen molar-refractivity contribution in [2.24, 2.45) is 0 Å². The molecule has 20 heavy (non-hydrogen) atoms. The zero-order valence-corrected chi connectivity index (χ0v) is 12.5. The number of rotatable bonds is 4. The van der Waals surface area contributed by atoms with Gasteiger partial charge in [0.2, 0.25) is 0 Å². The van der Waals surface area contributed by atoms with Gasteiger partial charge in [-0.25, -0.2) is 0 Å². The fraction of sp³-hybridized carbons (Fsp3) is 0.533. The number of likely N-dealkylation sites (tertiary alicyclic amines) is 1. The van der Waals surface area contributed by atoms with Crippen LogP contribution in [0.15, 0.2) is 18.2 Å². The quantitative estimate of drug-likeness (QED) is 0.818. The van der Waals surface area contributed by atoms with Gasteiger partial charge in [-0.05, 0) is 44.6 Å². The lowest BCUT2D eigenvalue weighted by Crippen LogP contribution is -2.32. The fourth-order valence-corrected chi connectivity index (χ4v) is 2.60. The van der Waals surface area contributed by atoms with E-state index in [1.54, 1.807) is 31.1 Å². The molecule has 5 heteroatoms. The smallest absolute Gasteiger partial charge is 0.255 e. The highest BCUT2D eigenvalue weighted by molar-refractivity contribution is 6.00. The summed E-state index contributed by atoms with van der Waals surface area (Å²) in [6.45, 7) is 1.99. The molecular formula is C15H24N4O. The number of benzene rings is 1. The monoisotopic (exact) mass is 276 g/mol. The van der Waals surface area contributed by atoms with Crippen LogP contribution in [0.3, 0.4) is 0 Å². The highest BCUT2D eigenvalue weighted by Gasteiger charge is 2.21. The van der Waals surface area contributed by atoms with E-state index in [0.717, 1.165) is 18.8 Å². The van der Waals surface area contributed by atoms with Crippen molar-refractivity contribution in [1.29, 1.82) is 0 Å². The van der Waals surface area contributed by atoms with Crippen LogP contribution in [0.1, 0.15) is 23.2 Å². The highest BCUT2D eigenvalue weighted by Crippen LogP contribution is 2.22. The first kappa shape index (κ1) is 14.7. The number of nitrogens with one attached hydrogen (secondary N) is 1. The van der Waals surface area contributed by atoms with E-state index in [9.17, 15) is 4.79 Å². The van der Waals surface area contributed by atoms with Crippen molar-refractivity contribution in [3.8, 4) is 0 Å². The molecule has 1 amide bonds. The average Bonchev–Trinajstić information content (AvgIpc) is 2.81. The molecule has 5 nitrogen and oxygen atoms in total. The van der Waals surface area contributed by atoms with Crippen molar-refractivity contribution in [1.82, 2.24) is 9.80 Å². The van der Waals surface area contributed by atoms with E-state index >= 15 is 0 Å². The number of carbonyl (C=O) groups is 1. The molecule has 0 spiro atoms. The lowest BCUT2D eigenvalue weighted by molar-refractivity contribution is 0.0828. The molecule has 1 aromatic carbocycles. The summed E-state index contributed by atoms with van der Waals surface area (Å²) < 4.78 is 0. The summed E-state index contributed by atoms with van der Waals surface area (Å²) in [7, 11) is 5.66. The summed E-state index contributed by atoms with van der Waals surface area (Å²) in [5.41, 5.74) is 8.00. The van der Waals surface area contributed by atoms with Crippen LogP contribution >= 0.6 is 0 Å². The van der Waals surface area contributed by atoms with Crippen LogP contribution in [-0.4, -0.2) is 56.0 Å². The van der Waals surface area contributed by atoms with E-state index in [1.807, 2.05) is 6.07 Å². The van der Waals surface area contributed by atoms with E-state index in [4.69, 9.17) is 5.73 Å². The number of hydrogen-bond donors (Lipinski definition) is 2. The van der Waals surface area contributed by atoms with Gasteiger partial charge in [0.15, 0.2) is 0 Å². The summed E-state index contributed by atoms with van der Waals surface area (Å²) in [4.78, 5) is 16.1. The van der Waals surface area contributed by atoms with Gasteiger partial charge in [-0.15, -0.1) is 0 Å². The van der Waals surface area contributed by atoms with Crippen LogP contribution in [0.2, 0.25) is 0 Å². The normalized spacial score (nSPS) is 19.1. The first-order valence-electron chi connectivity index (χ1n) is 7.04. The molecule has 1 saturated heterocycles. The molecule has 1 atom stereocenters. The Balaban J connectivity index is 2.13. The molecular weight excluding hydrogens is 252 g/mol. The Kier molecular flexibility index (Phi) is 4.49. The summed E-state index contributed by atoms with van der Waals surface area (Å²) in [6, 6.07) is 5.92. The topological polar surface area (TPSA) is 61.6 Å². The second-order valence-electron chi connectivity index (χ2n) is 5.66. The maximum atomic E-state index is 12.2. The fourth-order valence-electron chi connectivity index (χ4n) is 2.60. The third-order valence-corrected chi connectivity index (χ3v) is 3.88. The van der Waals surface area contributed by atoms with Crippen molar-refractivity contribution in [2.45, 2.75) is 18.9 Å². The average molecular weight is 276 g/mol. The Bertz CT molecular complexity index is 487. The maximum Gasteiger partial charge on any atom is 0.255 e. The van der Waals surface area contributed by atoms with Crippen molar-refractivity contribution >= 4 is 17.3 Å². The highest BCUT2D eigenvalue weighted by atomic mass is 16.2. The number of nitrogens with zero attached hydrogens (tertiary/aromatic N) is 2. The summed E-state index contributed by atoms with van der Waals surface area (Å²) >= 11 is 0. The molecule has 1 fully saturated rings. The van der Waals surface area contributed by atoms with E-state index in [1.165, 1.54) is 12.8 Å². The van der Waals surface area contributed by atoms with Gasteiger partial charge >= 0.3 is 0 Å². The van der Waals surface area contributed by atoms with Crippen LogP contribution in [0.5, 0.6) is 0 Å². The summed E-state index contributed by atoms with van der Waals surface area (Å²) in [5.74, 6) is -0.00715. The lowest BCUT2D eigenvalue weighted by Gasteiger charge is -2.22. The number of nitrogen functional groups attached to an aromatic ring is 1. The minimum atomic E-state index is -0.00715. The Hall–Kier alpha value is -1.75. The van der Waals surface area contributed by atoms with Crippen LogP contribution in [0.25, 0.3) is 0 Å². The van der Waals surface area contributed by atoms with Gasteiger partial charge in [-0.3, -0.25) is 4.79 Å². The van der Waals surface area contributed by atoms with Crippen LogP contribution in [0.4, 0.5) is 11.4 Å². The number of nitrogens with two attached hydrogens (primary N) is 1. The molecule has 3 N–H and O–H groups in total. The van der Waals surface area contributed by atoms with Gasteiger partial charge in [0.05, 0.1) is 5.56 Å². The molecule has 110 valence electrons. The summed E-state index contributed by atoms with van der Waals surface area (Å²) in [5, 5.41) is 3.39. The number of likely N-dealkylation sites (N-methyl/N-ethyl adjacent to an activating group) is 1. The predicted molar refractivity (Wildman–Crippen MR) is 83.0 cm³/mol. The minimum absolute atomic E-state index is 0.00715. The molecule has 0 aliphatic carbocycles. The van der Waals surface area contributed by atoms with Gasteiger partial charge in [-0.1, -0.05) is 0 Å². The third kappa shape index (κ3) is 3.22. The van der Waals surface area contributed by atoms with Gasteiger partial charge < -0.3 is 20.9 Å². The number of hydrogen-bond acceptors (Lipinski definition) is 4. The van der Waals surface area contributed by atoms with Gasteiger partial charge in [0, 0.05) is 38.1 Å². The number of amides is 1. The van der Waals surface area contributed by atoms with E-state index in [0.29, 0.717) is 17.3 Å². The zero-order chi connectivity index (χ0) is 14.7. The van der Waals surface area contributed by atoms with Crippen molar-refractivity contribution in [3.05, 3.63) is 23.8 Å². The molecule has 0 aromatic heterocycles. The molecule has 1 heterocycles. The maximum absolute atomic E-state index is 12.2. The second-order valence-corrected chi connectivity index (χ2v) is 5.66. The van der Waals surface area contributed by atoms with Crippen LogP contribution in [-0.2, 0) is 0 Å². The Morgan fingerprint density at radius 3 is 2.85 bits per heavy atom.